The SMILES string of the molecule is Nc1cc(S(=O)(=O)Cl)cc2ccccc12. The maximum absolute atomic E-state index is 11.1. The summed E-state index contributed by atoms with van der Waals surface area (Å²) < 4.78 is 22.3. The molecule has 0 aliphatic rings. The van der Waals surface area contributed by atoms with Crippen molar-refractivity contribution in [2.75, 3.05) is 5.73 Å². The Labute approximate surface area is 91.9 Å². The molecule has 2 aromatic carbocycles. The van der Waals surface area contributed by atoms with E-state index >= 15 is 0 Å². The molecule has 0 fully saturated rings. The number of halogens is 1. The van der Waals surface area contributed by atoms with Crippen molar-refractivity contribution in [2.24, 2.45) is 0 Å². The minimum absolute atomic E-state index is 0.0281. The van der Waals surface area contributed by atoms with E-state index < -0.39 is 9.05 Å². The van der Waals surface area contributed by atoms with E-state index in [0.717, 1.165) is 10.8 Å². The van der Waals surface area contributed by atoms with Gasteiger partial charge in [-0.3, -0.25) is 0 Å². The van der Waals surface area contributed by atoms with E-state index in [9.17, 15) is 8.42 Å². The lowest BCUT2D eigenvalue weighted by molar-refractivity contribution is 0.609. The average molecular weight is 242 g/mol. The number of benzene rings is 2. The fourth-order valence-corrected chi connectivity index (χ4v) is 2.26. The van der Waals surface area contributed by atoms with Crippen LogP contribution < -0.4 is 5.73 Å². The van der Waals surface area contributed by atoms with Crippen LogP contribution in [0, 0.1) is 0 Å². The van der Waals surface area contributed by atoms with Crippen LogP contribution in [0.4, 0.5) is 5.69 Å². The van der Waals surface area contributed by atoms with E-state index in [1.807, 2.05) is 18.2 Å². The molecule has 0 saturated carbocycles. The molecule has 0 saturated heterocycles. The van der Waals surface area contributed by atoms with Gasteiger partial charge in [0.1, 0.15) is 0 Å². The lowest BCUT2D eigenvalue weighted by Crippen LogP contribution is -1.94. The van der Waals surface area contributed by atoms with Crippen molar-refractivity contribution in [1.82, 2.24) is 0 Å². The molecule has 15 heavy (non-hydrogen) atoms. The Hall–Kier alpha value is -1.26. The molecular formula is C10H8ClNO2S. The molecule has 0 atom stereocenters. The Kier molecular flexibility index (Phi) is 2.32. The molecule has 0 aliphatic carbocycles. The van der Waals surface area contributed by atoms with Gasteiger partial charge in [0.05, 0.1) is 4.90 Å². The van der Waals surface area contributed by atoms with Crippen molar-refractivity contribution in [3.05, 3.63) is 36.4 Å². The summed E-state index contributed by atoms with van der Waals surface area (Å²) >= 11 is 0. The van der Waals surface area contributed by atoms with Gasteiger partial charge in [0, 0.05) is 21.8 Å². The monoisotopic (exact) mass is 241 g/mol. The van der Waals surface area contributed by atoms with Gasteiger partial charge < -0.3 is 5.73 Å². The molecule has 0 spiro atoms. The molecule has 5 heteroatoms. The van der Waals surface area contributed by atoms with Crippen LogP contribution in [-0.2, 0) is 9.05 Å². The summed E-state index contributed by atoms with van der Waals surface area (Å²) in [6.45, 7) is 0. The van der Waals surface area contributed by atoms with Crippen LogP contribution in [0.25, 0.3) is 10.8 Å². The van der Waals surface area contributed by atoms with Crippen LogP contribution in [0.5, 0.6) is 0 Å². The fraction of sp³-hybridized carbons (Fsp3) is 0. The predicted molar refractivity (Wildman–Crippen MR) is 61.4 cm³/mol. The van der Waals surface area contributed by atoms with Gasteiger partial charge in [-0.25, -0.2) is 8.42 Å². The third kappa shape index (κ3) is 1.91. The highest BCUT2D eigenvalue weighted by atomic mass is 35.7. The first-order chi connectivity index (χ1) is 6.98. The Morgan fingerprint density at radius 1 is 1.13 bits per heavy atom. The largest absolute Gasteiger partial charge is 0.398 e. The first-order valence-corrected chi connectivity index (χ1v) is 6.52. The van der Waals surface area contributed by atoms with Crippen molar-refractivity contribution >= 4 is 36.2 Å². The standard InChI is InChI=1S/C10H8ClNO2S/c11-15(13,14)8-5-7-3-1-2-4-9(7)10(12)6-8/h1-6H,12H2. The summed E-state index contributed by atoms with van der Waals surface area (Å²) in [7, 11) is 1.52. The van der Waals surface area contributed by atoms with Crippen molar-refractivity contribution in [1.29, 1.82) is 0 Å². The summed E-state index contributed by atoms with van der Waals surface area (Å²) in [4.78, 5) is 0.0281. The van der Waals surface area contributed by atoms with E-state index in [1.165, 1.54) is 12.1 Å². The Bertz CT molecular complexity index is 622. The molecule has 2 aromatic rings. The van der Waals surface area contributed by atoms with Gasteiger partial charge >= 0.3 is 0 Å². The lowest BCUT2D eigenvalue weighted by atomic mass is 10.1. The van der Waals surface area contributed by atoms with Crippen molar-refractivity contribution < 1.29 is 8.42 Å². The maximum atomic E-state index is 11.1. The van der Waals surface area contributed by atoms with Crippen LogP contribution >= 0.6 is 10.7 Å². The van der Waals surface area contributed by atoms with E-state index in [1.54, 1.807) is 6.07 Å². The Morgan fingerprint density at radius 2 is 1.80 bits per heavy atom. The molecule has 0 radical (unpaired) electrons. The first-order valence-electron chi connectivity index (χ1n) is 4.21. The molecule has 0 aromatic heterocycles. The number of nitrogen functional groups attached to an aromatic ring is 1. The van der Waals surface area contributed by atoms with Gasteiger partial charge in [-0.15, -0.1) is 0 Å². The quantitative estimate of drug-likeness (QED) is 0.616. The number of anilines is 1. The smallest absolute Gasteiger partial charge is 0.261 e. The minimum Gasteiger partial charge on any atom is -0.398 e. The lowest BCUT2D eigenvalue weighted by Gasteiger charge is -2.04. The number of nitrogens with two attached hydrogens (primary N) is 1. The Morgan fingerprint density at radius 3 is 2.47 bits per heavy atom. The first kappa shape index (κ1) is 10.3. The molecule has 3 nitrogen and oxygen atoms in total. The third-order valence-corrected chi connectivity index (χ3v) is 3.48. The molecule has 0 amide bonds. The zero-order valence-corrected chi connectivity index (χ0v) is 9.22. The van der Waals surface area contributed by atoms with E-state index in [2.05, 4.69) is 0 Å². The highest BCUT2D eigenvalue weighted by Crippen LogP contribution is 2.26. The minimum atomic E-state index is -3.72. The number of hydrogen-bond donors (Lipinski definition) is 1. The van der Waals surface area contributed by atoms with Crippen LogP contribution in [-0.4, -0.2) is 8.42 Å². The molecule has 0 aliphatic heterocycles. The zero-order chi connectivity index (χ0) is 11.1. The van der Waals surface area contributed by atoms with Crippen LogP contribution in [0.2, 0.25) is 0 Å². The maximum Gasteiger partial charge on any atom is 0.261 e. The third-order valence-electron chi connectivity index (χ3n) is 2.15. The normalized spacial score (nSPS) is 11.8. The van der Waals surface area contributed by atoms with Crippen molar-refractivity contribution in [2.45, 2.75) is 4.90 Å². The highest BCUT2D eigenvalue weighted by Gasteiger charge is 2.12. The average Bonchev–Trinajstić information content (AvgIpc) is 2.16. The topological polar surface area (TPSA) is 60.2 Å². The molecule has 0 unspecified atom stereocenters. The number of fused-ring (bicyclic) bond motifs is 1. The molecule has 78 valence electrons. The van der Waals surface area contributed by atoms with E-state index in [-0.39, 0.29) is 4.90 Å². The van der Waals surface area contributed by atoms with Gasteiger partial charge in [-0.1, -0.05) is 24.3 Å². The van der Waals surface area contributed by atoms with Gasteiger partial charge in [0.2, 0.25) is 0 Å². The molecule has 2 rings (SSSR count). The predicted octanol–water partition coefficient (Wildman–Crippen LogP) is 2.35. The van der Waals surface area contributed by atoms with Crippen LogP contribution in [0.15, 0.2) is 41.3 Å². The summed E-state index contributed by atoms with van der Waals surface area (Å²) in [6, 6.07) is 10.1. The second-order valence-electron chi connectivity index (χ2n) is 3.17. The zero-order valence-electron chi connectivity index (χ0n) is 7.64. The number of hydrogen-bond acceptors (Lipinski definition) is 3. The Balaban J connectivity index is 2.85. The van der Waals surface area contributed by atoms with E-state index in [4.69, 9.17) is 16.4 Å². The van der Waals surface area contributed by atoms with Crippen LogP contribution in [0.3, 0.4) is 0 Å². The van der Waals surface area contributed by atoms with Gasteiger partial charge in [-0.05, 0) is 17.5 Å². The van der Waals surface area contributed by atoms with Crippen LogP contribution in [0.1, 0.15) is 0 Å². The van der Waals surface area contributed by atoms with Crippen molar-refractivity contribution in [3.8, 4) is 0 Å². The summed E-state index contributed by atoms with van der Waals surface area (Å²) in [5.74, 6) is 0. The second-order valence-corrected chi connectivity index (χ2v) is 5.74. The molecule has 0 heterocycles. The van der Waals surface area contributed by atoms with Crippen molar-refractivity contribution in [3.63, 3.8) is 0 Å². The fourth-order valence-electron chi connectivity index (χ4n) is 1.45. The summed E-state index contributed by atoms with van der Waals surface area (Å²) in [6.07, 6.45) is 0. The summed E-state index contributed by atoms with van der Waals surface area (Å²) in [5.41, 5.74) is 6.14. The second kappa shape index (κ2) is 3.40. The van der Waals surface area contributed by atoms with Gasteiger partial charge in [0.25, 0.3) is 9.05 Å². The number of rotatable bonds is 1. The van der Waals surface area contributed by atoms with Gasteiger partial charge in [0.15, 0.2) is 0 Å². The highest BCUT2D eigenvalue weighted by molar-refractivity contribution is 8.13. The molecule has 0 bridgehead atoms. The molecular weight excluding hydrogens is 234 g/mol. The molecule has 2 N–H and O–H groups in total. The summed E-state index contributed by atoms with van der Waals surface area (Å²) in [5, 5.41) is 1.58. The van der Waals surface area contributed by atoms with Gasteiger partial charge in [-0.2, -0.15) is 0 Å². The van der Waals surface area contributed by atoms with E-state index in [0.29, 0.717) is 5.69 Å².